The van der Waals surface area contributed by atoms with Crippen LogP contribution < -0.4 is 0 Å². The van der Waals surface area contributed by atoms with Gasteiger partial charge in [0, 0.05) is 19.9 Å². The third-order valence-corrected chi connectivity index (χ3v) is 4.28. The molecule has 0 unspecified atom stereocenters. The maximum Gasteiger partial charge on any atom is 0.335 e. The maximum atomic E-state index is 10.9. The zero-order valence-electron chi connectivity index (χ0n) is 7.91. The Hall–Kier alpha value is -0.840. The number of carbonyl (C=O) groups is 1. The lowest BCUT2D eigenvalue weighted by Crippen LogP contribution is -1.96. The number of halogens is 2. The largest absolute Gasteiger partial charge is 0.478 e. The molecule has 2 nitrogen and oxygen atoms in total. The summed E-state index contributed by atoms with van der Waals surface area (Å²) in [5.41, 5.74) is 0.975. The van der Waals surface area contributed by atoms with E-state index in [9.17, 15) is 4.79 Å². The Kier molecular flexibility index (Phi) is 3.33. The number of carboxylic acids is 1. The van der Waals surface area contributed by atoms with Gasteiger partial charge < -0.3 is 5.11 Å². The van der Waals surface area contributed by atoms with Crippen molar-refractivity contribution in [1.82, 2.24) is 0 Å². The molecule has 0 saturated heterocycles. The quantitative estimate of drug-likeness (QED) is 0.883. The van der Waals surface area contributed by atoms with E-state index in [4.69, 9.17) is 16.7 Å². The second-order valence-electron chi connectivity index (χ2n) is 3.10. The van der Waals surface area contributed by atoms with Crippen molar-refractivity contribution in [2.45, 2.75) is 0 Å². The number of benzene rings is 1. The first kappa shape index (κ1) is 11.6. The minimum atomic E-state index is -0.953. The Morgan fingerprint density at radius 1 is 1.38 bits per heavy atom. The molecule has 0 bridgehead atoms. The molecule has 0 aliphatic carbocycles. The number of hydrogen-bond acceptors (Lipinski definition) is 2. The topological polar surface area (TPSA) is 37.3 Å². The maximum absolute atomic E-state index is 10.9. The van der Waals surface area contributed by atoms with Gasteiger partial charge >= 0.3 is 5.97 Å². The van der Waals surface area contributed by atoms with Gasteiger partial charge in [-0.25, -0.2) is 4.79 Å². The molecule has 0 fully saturated rings. The Morgan fingerprint density at radius 2 is 2.12 bits per heavy atom. The molecule has 1 heterocycles. The molecule has 1 aromatic carbocycles. The number of hydrogen-bond donors (Lipinski definition) is 1. The lowest BCUT2D eigenvalue weighted by atomic mass is 10.1. The molecule has 2 aromatic rings. The van der Waals surface area contributed by atoms with Crippen molar-refractivity contribution in [2.75, 3.05) is 0 Å². The Bertz CT molecular complexity index is 551. The summed E-state index contributed by atoms with van der Waals surface area (Å²) in [5, 5.41) is 11.4. The van der Waals surface area contributed by atoms with Crippen LogP contribution in [0, 0.1) is 0 Å². The van der Waals surface area contributed by atoms with Gasteiger partial charge in [-0.2, -0.15) is 0 Å². The van der Waals surface area contributed by atoms with Gasteiger partial charge in [0.05, 0.1) is 5.56 Å². The fourth-order valence-corrected chi connectivity index (χ4v) is 3.20. The fourth-order valence-electron chi connectivity index (χ4n) is 1.32. The lowest BCUT2D eigenvalue weighted by Gasteiger charge is -2.04. The molecule has 0 aliphatic rings. The summed E-state index contributed by atoms with van der Waals surface area (Å²) in [7, 11) is 0. The fraction of sp³-hybridized carbons (Fsp3) is 0. The minimum Gasteiger partial charge on any atom is -0.478 e. The molecule has 2 rings (SSSR count). The molecule has 0 aliphatic heterocycles. The second-order valence-corrected chi connectivity index (χ2v) is 5.28. The molecule has 1 N–H and O–H groups in total. The summed E-state index contributed by atoms with van der Waals surface area (Å²) in [6.45, 7) is 0. The van der Waals surface area contributed by atoms with Crippen LogP contribution in [0.2, 0.25) is 5.02 Å². The number of rotatable bonds is 2. The zero-order chi connectivity index (χ0) is 11.7. The van der Waals surface area contributed by atoms with Crippen LogP contribution in [-0.2, 0) is 0 Å². The van der Waals surface area contributed by atoms with Gasteiger partial charge in [-0.1, -0.05) is 11.6 Å². The van der Waals surface area contributed by atoms with Crippen LogP contribution in [0.25, 0.3) is 10.4 Å². The van der Waals surface area contributed by atoms with Crippen molar-refractivity contribution in [1.29, 1.82) is 0 Å². The van der Waals surface area contributed by atoms with E-state index < -0.39 is 5.97 Å². The van der Waals surface area contributed by atoms with E-state index in [-0.39, 0.29) is 5.56 Å². The van der Waals surface area contributed by atoms with Crippen molar-refractivity contribution in [3.8, 4) is 10.4 Å². The molecular formula is C11H6BrClO2S. The van der Waals surface area contributed by atoms with E-state index in [1.807, 2.05) is 11.4 Å². The SMILES string of the molecule is O=C(O)c1ccc(Cl)c(-c2sccc2Br)c1. The first-order chi connectivity index (χ1) is 7.59. The smallest absolute Gasteiger partial charge is 0.335 e. The van der Waals surface area contributed by atoms with E-state index in [0.717, 1.165) is 14.9 Å². The summed E-state index contributed by atoms with van der Waals surface area (Å²) < 4.78 is 0.918. The highest BCUT2D eigenvalue weighted by Gasteiger charge is 2.12. The molecular weight excluding hydrogens is 312 g/mol. The van der Waals surface area contributed by atoms with E-state index in [2.05, 4.69) is 15.9 Å². The Morgan fingerprint density at radius 3 is 2.69 bits per heavy atom. The van der Waals surface area contributed by atoms with Crippen LogP contribution in [0.5, 0.6) is 0 Å². The van der Waals surface area contributed by atoms with Crippen LogP contribution in [0.3, 0.4) is 0 Å². The lowest BCUT2D eigenvalue weighted by molar-refractivity contribution is 0.0697. The van der Waals surface area contributed by atoms with Crippen LogP contribution >= 0.6 is 38.9 Å². The Labute approximate surface area is 110 Å². The van der Waals surface area contributed by atoms with Crippen LogP contribution in [0.1, 0.15) is 10.4 Å². The normalized spacial score (nSPS) is 10.4. The molecule has 5 heteroatoms. The van der Waals surface area contributed by atoms with Crippen molar-refractivity contribution in [2.24, 2.45) is 0 Å². The Balaban J connectivity index is 2.60. The standard InChI is InChI=1S/C11H6BrClO2S/c12-8-3-4-16-10(8)7-5-6(11(14)15)1-2-9(7)13/h1-5H,(H,14,15). The molecule has 0 saturated carbocycles. The number of carboxylic acid groups (broad SMARTS) is 1. The van der Waals surface area contributed by atoms with Crippen LogP contribution in [-0.4, -0.2) is 11.1 Å². The van der Waals surface area contributed by atoms with Crippen molar-refractivity contribution < 1.29 is 9.90 Å². The van der Waals surface area contributed by atoms with Crippen molar-refractivity contribution in [3.05, 3.63) is 44.7 Å². The van der Waals surface area contributed by atoms with Gasteiger partial charge in [0.25, 0.3) is 0 Å². The molecule has 16 heavy (non-hydrogen) atoms. The predicted molar refractivity (Wildman–Crippen MR) is 69.4 cm³/mol. The number of aromatic carboxylic acids is 1. The van der Waals surface area contributed by atoms with E-state index >= 15 is 0 Å². The monoisotopic (exact) mass is 316 g/mol. The van der Waals surface area contributed by atoms with E-state index in [1.54, 1.807) is 12.1 Å². The van der Waals surface area contributed by atoms with Gasteiger partial charge in [0.15, 0.2) is 0 Å². The highest BCUT2D eigenvalue weighted by Crippen LogP contribution is 2.37. The van der Waals surface area contributed by atoms with Gasteiger partial charge in [-0.05, 0) is 45.6 Å². The summed E-state index contributed by atoms with van der Waals surface area (Å²) in [6, 6.07) is 6.59. The summed E-state index contributed by atoms with van der Waals surface area (Å²) in [5.74, 6) is -0.953. The van der Waals surface area contributed by atoms with Crippen LogP contribution in [0.4, 0.5) is 0 Å². The third kappa shape index (κ3) is 2.14. The summed E-state index contributed by atoms with van der Waals surface area (Å²) in [4.78, 5) is 11.8. The average molecular weight is 318 g/mol. The third-order valence-electron chi connectivity index (χ3n) is 2.08. The molecule has 0 radical (unpaired) electrons. The summed E-state index contributed by atoms with van der Waals surface area (Å²) >= 11 is 11.0. The molecule has 1 aromatic heterocycles. The first-order valence-electron chi connectivity index (χ1n) is 4.36. The highest BCUT2D eigenvalue weighted by molar-refractivity contribution is 9.10. The predicted octanol–water partition coefficient (Wildman–Crippen LogP) is 4.53. The average Bonchev–Trinajstić information content (AvgIpc) is 2.65. The highest BCUT2D eigenvalue weighted by atomic mass is 79.9. The summed E-state index contributed by atoms with van der Waals surface area (Å²) in [6.07, 6.45) is 0. The van der Waals surface area contributed by atoms with Gasteiger partial charge in [0.2, 0.25) is 0 Å². The molecule has 0 spiro atoms. The zero-order valence-corrected chi connectivity index (χ0v) is 11.1. The van der Waals surface area contributed by atoms with Gasteiger partial charge in [0.1, 0.15) is 0 Å². The minimum absolute atomic E-state index is 0.236. The van der Waals surface area contributed by atoms with Gasteiger partial charge in [-0.15, -0.1) is 11.3 Å². The first-order valence-corrected chi connectivity index (χ1v) is 6.41. The van der Waals surface area contributed by atoms with E-state index in [1.165, 1.54) is 17.4 Å². The number of thiophene rings is 1. The molecule has 82 valence electrons. The van der Waals surface area contributed by atoms with Crippen molar-refractivity contribution >= 4 is 44.8 Å². The van der Waals surface area contributed by atoms with Crippen LogP contribution in [0.15, 0.2) is 34.1 Å². The second kappa shape index (κ2) is 4.57. The van der Waals surface area contributed by atoms with E-state index in [0.29, 0.717) is 5.02 Å². The molecule has 0 amide bonds. The van der Waals surface area contributed by atoms with Gasteiger partial charge in [-0.3, -0.25) is 0 Å². The molecule has 0 atom stereocenters. The van der Waals surface area contributed by atoms with Crippen molar-refractivity contribution in [3.63, 3.8) is 0 Å².